The molecule has 0 spiro atoms. The molecule has 0 aliphatic rings. The molecule has 0 radical (unpaired) electrons. The molecule has 0 saturated carbocycles. The maximum Gasteiger partial charge on any atom is 0.135 e. The quantitative estimate of drug-likeness (QED) is 0.733. The fourth-order valence-corrected chi connectivity index (χ4v) is 1.25. The number of hydrogen-bond donors (Lipinski definition) is 2. The minimum atomic E-state index is 0.374. The highest BCUT2D eigenvalue weighted by molar-refractivity contribution is 6.01. The molecular formula is C11H12N4. The Morgan fingerprint density at radius 3 is 2.80 bits per heavy atom. The second kappa shape index (κ2) is 4.38. The van der Waals surface area contributed by atoms with Crippen LogP contribution in [-0.4, -0.2) is 17.7 Å². The normalized spacial score (nSPS) is 9.13. The zero-order valence-corrected chi connectivity index (χ0v) is 8.76. The van der Waals surface area contributed by atoms with Gasteiger partial charge in [-0.2, -0.15) is 5.26 Å². The molecule has 0 aliphatic heterocycles. The van der Waals surface area contributed by atoms with Crippen LogP contribution in [0.2, 0.25) is 0 Å². The summed E-state index contributed by atoms with van der Waals surface area (Å²) in [6, 6.07) is 3.69. The number of nitrogens with zero attached hydrogens (tertiary/aromatic N) is 2. The Hall–Kier alpha value is -2.15. The van der Waals surface area contributed by atoms with E-state index in [2.05, 4.69) is 16.9 Å². The maximum absolute atomic E-state index is 8.89. The molecule has 0 atom stereocenters. The fraction of sp³-hybridized carbons (Fsp3) is 0.182. The van der Waals surface area contributed by atoms with Gasteiger partial charge in [0.2, 0.25) is 0 Å². The van der Waals surface area contributed by atoms with Crippen molar-refractivity contribution in [1.82, 2.24) is 4.98 Å². The van der Waals surface area contributed by atoms with E-state index >= 15 is 0 Å². The first-order valence-electron chi connectivity index (χ1n) is 4.45. The summed E-state index contributed by atoms with van der Waals surface area (Å²) in [5.74, 6) is 0.594. The Balaban J connectivity index is 3.49. The second-order valence-corrected chi connectivity index (χ2v) is 3.01. The number of rotatable bonds is 3. The molecule has 0 aliphatic carbocycles. The van der Waals surface area contributed by atoms with E-state index in [1.54, 1.807) is 20.0 Å². The van der Waals surface area contributed by atoms with Crippen LogP contribution < -0.4 is 5.32 Å². The van der Waals surface area contributed by atoms with E-state index in [1.807, 2.05) is 6.07 Å². The summed E-state index contributed by atoms with van der Waals surface area (Å²) in [6.45, 7) is 5.25. The number of anilines is 1. The third kappa shape index (κ3) is 2.02. The highest BCUT2D eigenvalue weighted by Crippen LogP contribution is 2.18. The Kier molecular flexibility index (Phi) is 3.19. The second-order valence-electron chi connectivity index (χ2n) is 3.01. The smallest absolute Gasteiger partial charge is 0.135 e. The summed E-state index contributed by atoms with van der Waals surface area (Å²) < 4.78 is 0. The molecule has 1 aromatic rings. The Labute approximate surface area is 88.8 Å². The molecule has 2 N–H and O–H groups in total. The van der Waals surface area contributed by atoms with Gasteiger partial charge in [0, 0.05) is 18.3 Å². The zero-order valence-electron chi connectivity index (χ0n) is 8.76. The van der Waals surface area contributed by atoms with Crippen molar-refractivity contribution in [2.45, 2.75) is 6.92 Å². The monoisotopic (exact) mass is 200 g/mol. The maximum atomic E-state index is 8.89. The molecule has 0 fully saturated rings. The van der Waals surface area contributed by atoms with E-state index in [0.717, 1.165) is 0 Å². The highest BCUT2D eigenvalue weighted by Gasteiger charge is 2.10. The predicted molar refractivity (Wildman–Crippen MR) is 61.1 cm³/mol. The van der Waals surface area contributed by atoms with Gasteiger partial charge in [-0.3, -0.25) is 0 Å². The van der Waals surface area contributed by atoms with Crippen molar-refractivity contribution in [1.29, 1.82) is 10.7 Å². The number of pyridine rings is 1. The molecule has 1 aromatic heterocycles. The third-order valence-electron chi connectivity index (χ3n) is 2.01. The Morgan fingerprint density at radius 1 is 1.73 bits per heavy atom. The third-order valence-corrected chi connectivity index (χ3v) is 2.01. The molecule has 1 heterocycles. The van der Waals surface area contributed by atoms with Crippen LogP contribution in [0.15, 0.2) is 12.6 Å². The SMILES string of the molecule is C=Cc1nc(NC)c(C(C)=N)cc1C#N. The highest BCUT2D eigenvalue weighted by atomic mass is 15.0. The summed E-state index contributed by atoms with van der Waals surface area (Å²) >= 11 is 0. The van der Waals surface area contributed by atoms with Gasteiger partial charge in [0.25, 0.3) is 0 Å². The van der Waals surface area contributed by atoms with Crippen LogP contribution in [-0.2, 0) is 0 Å². The van der Waals surface area contributed by atoms with E-state index in [4.69, 9.17) is 10.7 Å². The van der Waals surface area contributed by atoms with Gasteiger partial charge in [0.05, 0.1) is 11.3 Å². The van der Waals surface area contributed by atoms with Gasteiger partial charge < -0.3 is 10.7 Å². The first kappa shape index (κ1) is 10.9. The minimum Gasteiger partial charge on any atom is -0.373 e. The number of nitriles is 1. The average molecular weight is 200 g/mol. The lowest BCUT2D eigenvalue weighted by atomic mass is 10.1. The first-order valence-corrected chi connectivity index (χ1v) is 4.45. The first-order chi connectivity index (χ1) is 7.13. The summed E-state index contributed by atoms with van der Waals surface area (Å²) in [5, 5.41) is 19.3. The van der Waals surface area contributed by atoms with Gasteiger partial charge in [-0.1, -0.05) is 6.58 Å². The summed E-state index contributed by atoms with van der Waals surface area (Å²) in [5.41, 5.74) is 1.98. The van der Waals surface area contributed by atoms with E-state index in [9.17, 15) is 0 Å². The van der Waals surface area contributed by atoms with Crippen LogP contribution >= 0.6 is 0 Å². The summed E-state index contributed by atoms with van der Waals surface area (Å²) in [7, 11) is 1.73. The molecule has 0 saturated heterocycles. The molecule has 0 bridgehead atoms. The molecule has 1 rings (SSSR count). The van der Waals surface area contributed by atoms with Crippen molar-refractivity contribution in [2.24, 2.45) is 0 Å². The summed E-state index contributed by atoms with van der Waals surface area (Å²) in [6.07, 6.45) is 1.53. The van der Waals surface area contributed by atoms with Gasteiger partial charge in [0.15, 0.2) is 0 Å². The van der Waals surface area contributed by atoms with Crippen molar-refractivity contribution in [2.75, 3.05) is 12.4 Å². The van der Waals surface area contributed by atoms with Crippen molar-refractivity contribution in [3.8, 4) is 6.07 Å². The van der Waals surface area contributed by atoms with Gasteiger partial charge in [-0.15, -0.1) is 0 Å². The van der Waals surface area contributed by atoms with Crippen LogP contribution in [0.1, 0.15) is 23.7 Å². The van der Waals surface area contributed by atoms with Crippen molar-refractivity contribution in [3.05, 3.63) is 29.5 Å². The lowest BCUT2D eigenvalue weighted by molar-refractivity contribution is 1.23. The van der Waals surface area contributed by atoms with Crippen molar-refractivity contribution >= 4 is 17.6 Å². The molecular weight excluding hydrogens is 188 g/mol. The van der Waals surface area contributed by atoms with Gasteiger partial charge in [-0.25, -0.2) is 4.98 Å². The average Bonchev–Trinajstić information content (AvgIpc) is 2.26. The lowest BCUT2D eigenvalue weighted by Crippen LogP contribution is -2.05. The van der Waals surface area contributed by atoms with Crippen LogP contribution in [0, 0.1) is 16.7 Å². The molecule has 15 heavy (non-hydrogen) atoms. The van der Waals surface area contributed by atoms with E-state index in [-0.39, 0.29) is 0 Å². The van der Waals surface area contributed by atoms with Crippen LogP contribution in [0.4, 0.5) is 5.82 Å². The lowest BCUT2D eigenvalue weighted by Gasteiger charge is -2.09. The molecule has 0 amide bonds. The van der Waals surface area contributed by atoms with Gasteiger partial charge in [-0.05, 0) is 19.1 Å². The van der Waals surface area contributed by atoms with Gasteiger partial charge >= 0.3 is 0 Å². The topological polar surface area (TPSA) is 72.6 Å². The van der Waals surface area contributed by atoms with Crippen LogP contribution in [0.3, 0.4) is 0 Å². The van der Waals surface area contributed by atoms with E-state index in [1.165, 1.54) is 6.08 Å². The molecule has 0 aromatic carbocycles. The van der Waals surface area contributed by atoms with Crippen LogP contribution in [0.5, 0.6) is 0 Å². The van der Waals surface area contributed by atoms with E-state index in [0.29, 0.717) is 28.4 Å². The number of aromatic nitrogens is 1. The zero-order chi connectivity index (χ0) is 11.4. The van der Waals surface area contributed by atoms with E-state index < -0.39 is 0 Å². The Morgan fingerprint density at radius 2 is 2.40 bits per heavy atom. The fourth-order valence-electron chi connectivity index (χ4n) is 1.25. The Bertz CT molecular complexity index is 454. The van der Waals surface area contributed by atoms with Gasteiger partial charge in [0.1, 0.15) is 11.9 Å². The molecule has 76 valence electrons. The minimum absolute atomic E-state index is 0.374. The van der Waals surface area contributed by atoms with Crippen molar-refractivity contribution in [3.63, 3.8) is 0 Å². The van der Waals surface area contributed by atoms with Crippen LogP contribution in [0.25, 0.3) is 6.08 Å². The standard InChI is InChI=1S/C11H12N4/c1-4-10-8(6-12)5-9(7(2)13)11(14-3)15-10/h4-5,13H,1H2,2-3H3,(H,14,15). The largest absolute Gasteiger partial charge is 0.373 e. The predicted octanol–water partition coefficient (Wildman–Crippen LogP) is 2.03. The summed E-state index contributed by atoms with van der Waals surface area (Å²) in [4.78, 5) is 4.21. The molecule has 4 nitrogen and oxygen atoms in total. The van der Waals surface area contributed by atoms with Crippen molar-refractivity contribution < 1.29 is 0 Å². The number of hydrogen-bond acceptors (Lipinski definition) is 4. The molecule has 4 heteroatoms. The number of nitrogens with one attached hydrogen (secondary N) is 2. The molecule has 0 unspecified atom stereocenters.